The zero-order valence-electron chi connectivity index (χ0n) is 19.6. The summed E-state index contributed by atoms with van der Waals surface area (Å²) >= 11 is 0. The highest BCUT2D eigenvalue weighted by molar-refractivity contribution is 4.40. The van der Waals surface area contributed by atoms with Gasteiger partial charge in [-0.15, -0.1) is 0 Å². The maximum atomic E-state index is 5.40. The molecule has 0 aliphatic carbocycles. The molecule has 0 amide bonds. The van der Waals surface area contributed by atoms with Crippen molar-refractivity contribution in [2.45, 2.75) is 48.0 Å². The summed E-state index contributed by atoms with van der Waals surface area (Å²) in [4.78, 5) is 0. The first-order chi connectivity index (χ1) is 13.9. The first-order valence-corrected chi connectivity index (χ1v) is 11.1. The van der Waals surface area contributed by atoms with Crippen LogP contribution in [0.3, 0.4) is 0 Å². The van der Waals surface area contributed by atoms with E-state index in [1.807, 2.05) is 27.7 Å². The molecule has 0 spiro atoms. The smallest absolute Gasteiger partial charge is 0.0701 e. The monoisotopic (exact) mass is 411 g/mol. The van der Waals surface area contributed by atoms with Crippen molar-refractivity contribution in [3.05, 3.63) is 0 Å². The summed E-state index contributed by atoms with van der Waals surface area (Å²) in [6, 6.07) is 0. The van der Waals surface area contributed by atoms with Crippen LogP contribution in [0, 0.1) is 0 Å². The second-order valence-corrected chi connectivity index (χ2v) is 5.03. The molecule has 0 aromatic rings. The van der Waals surface area contributed by atoms with Gasteiger partial charge in [-0.3, -0.25) is 0 Å². The van der Waals surface area contributed by atoms with Crippen LogP contribution in [-0.2, 0) is 28.4 Å². The number of hydrogen-bond donors (Lipinski definition) is 1. The summed E-state index contributed by atoms with van der Waals surface area (Å²) < 4.78 is 32.3. The molecule has 0 aromatic heterocycles. The lowest BCUT2D eigenvalue weighted by Crippen LogP contribution is -2.20. The standard InChI is InChI=1S/C17H37NO6.2C2H6/c1-3-6-19-8-10-21-12-14-23-16-17-24-15-13-22-11-9-20-7-5-18-4-2;2*1-2/h18H,3-17H2,1-2H3;2*1-2H3. The minimum Gasteiger partial charge on any atom is -0.379 e. The Bertz CT molecular complexity index is 201. The van der Waals surface area contributed by atoms with E-state index in [9.17, 15) is 0 Å². The van der Waals surface area contributed by atoms with Crippen LogP contribution in [0.4, 0.5) is 0 Å². The highest BCUT2D eigenvalue weighted by Gasteiger charge is 1.94. The first-order valence-electron chi connectivity index (χ1n) is 11.1. The third-order valence-electron chi connectivity index (χ3n) is 2.88. The zero-order chi connectivity index (χ0) is 21.6. The summed E-state index contributed by atoms with van der Waals surface area (Å²) in [6.45, 7) is 21.5. The number of likely N-dealkylation sites (N-methyl/N-ethyl adjacent to an activating group) is 1. The number of ether oxygens (including phenoxy) is 6. The van der Waals surface area contributed by atoms with Crippen molar-refractivity contribution in [1.82, 2.24) is 5.32 Å². The van der Waals surface area contributed by atoms with Crippen LogP contribution in [0.5, 0.6) is 0 Å². The molecule has 0 unspecified atom stereocenters. The van der Waals surface area contributed by atoms with Crippen molar-refractivity contribution in [3.63, 3.8) is 0 Å². The molecule has 0 atom stereocenters. The van der Waals surface area contributed by atoms with E-state index in [0.717, 1.165) is 32.7 Å². The van der Waals surface area contributed by atoms with Crippen LogP contribution in [0.25, 0.3) is 0 Å². The average Bonchev–Trinajstić information content (AvgIpc) is 2.75. The van der Waals surface area contributed by atoms with Gasteiger partial charge in [0.15, 0.2) is 0 Å². The van der Waals surface area contributed by atoms with Crippen molar-refractivity contribution in [1.29, 1.82) is 0 Å². The van der Waals surface area contributed by atoms with Gasteiger partial charge in [0, 0.05) is 13.2 Å². The van der Waals surface area contributed by atoms with Crippen LogP contribution >= 0.6 is 0 Å². The highest BCUT2D eigenvalue weighted by atomic mass is 16.6. The Kier molecular flexibility index (Phi) is 43.3. The van der Waals surface area contributed by atoms with Gasteiger partial charge in [-0.25, -0.2) is 0 Å². The Morgan fingerprint density at radius 3 is 1.00 bits per heavy atom. The van der Waals surface area contributed by atoms with Gasteiger partial charge in [0.05, 0.1) is 72.7 Å². The number of rotatable bonds is 21. The van der Waals surface area contributed by atoms with Crippen molar-refractivity contribution in [2.75, 3.05) is 92.4 Å². The van der Waals surface area contributed by atoms with Gasteiger partial charge in [0.25, 0.3) is 0 Å². The third kappa shape index (κ3) is 36.6. The van der Waals surface area contributed by atoms with E-state index < -0.39 is 0 Å². The SMILES string of the molecule is CC.CC.CCCOCCOCCOCCOCCOCCOCCNCC. The van der Waals surface area contributed by atoms with Gasteiger partial charge in [0.1, 0.15) is 0 Å². The van der Waals surface area contributed by atoms with Crippen LogP contribution < -0.4 is 5.32 Å². The van der Waals surface area contributed by atoms with Gasteiger partial charge in [0.2, 0.25) is 0 Å². The van der Waals surface area contributed by atoms with Crippen LogP contribution in [0.1, 0.15) is 48.0 Å². The predicted octanol–water partition coefficient (Wildman–Crippen LogP) is 3.16. The average molecular weight is 412 g/mol. The summed E-state index contributed by atoms with van der Waals surface area (Å²) in [5, 5.41) is 3.19. The zero-order valence-corrected chi connectivity index (χ0v) is 19.6. The van der Waals surface area contributed by atoms with E-state index in [1.165, 1.54) is 0 Å². The fourth-order valence-corrected chi connectivity index (χ4v) is 1.67. The molecule has 0 heterocycles. The van der Waals surface area contributed by atoms with E-state index in [2.05, 4.69) is 19.2 Å². The lowest BCUT2D eigenvalue weighted by Gasteiger charge is -2.08. The van der Waals surface area contributed by atoms with Crippen molar-refractivity contribution < 1.29 is 28.4 Å². The van der Waals surface area contributed by atoms with Crippen molar-refractivity contribution >= 4 is 0 Å². The summed E-state index contributed by atoms with van der Waals surface area (Å²) in [5.74, 6) is 0. The molecule has 0 rings (SSSR count). The lowest BCUT2D eigenvalue weighted by atomic mass is 10.5. The Balaban J connectivity index is -0.00000146. The van der Waals surface area contributed by atoms with E-state index in [1.54, 1.807) is 0 Å². The normalized spacial score (nSPS) is 10.1. The molecule has 0 bridgehead atoms. The van der Waals surface area contributed by atoms with E-state index >= 15 is 0 Å². The number of nitrogens with one attached hydrogen (secondary N) is 1. The molecule has 7 nitrogen and oxygen atoms in total. The molecule has 0 saturated carbocycles. The summed E-state index contributed by atoms with van der Waals surface area (Å²) in [5.41, 5.74) is 0. The molecule has 7 heteroatoms. The first kappa shape index (κ1) is 32.4. The number of hydrogen-bond acceptors (Lipinski definition) is 7. The summed E-state index contributed by atoms with van der Waals surface area (Å²) in [6.07, 6.45) is 1.04. The molecule has 0 radical (unpaired) electrons. The van der Waals surface area contributed by atoms with Crippen molar-refractivity contribution in [3.8, 4) is 0 Å². The molecule has 1 N–H and O–H groups in total. The quantitative estimate of drug-likeness (QED) is 0.291. The minimum absolute atomic E-state index is 0.572. The largest absolute Gasteiger partial charge is 0.379 e. The third-order valence-corrected chi connectivity index (χ3v) is 2.88. The van der Waals surface area contributed by atoms with Gasteiger partial charge < -0.3 is 33.7 Å². The second kappa shape index (κ2) is 37.5. The maximum absolute atomic E-state index is 5.40. The topological polar surface area (TPSA) is 67.4 Å². The highest BCUT2D eigenvalue weighted by Crippen LogP contribution is 1.85. The van der Waals surface area contributed by atoms with E-state index in [0.29, 0.717) is 66.1 Å². The van der Waals surface area contributed by atoms with Crippen LogP contribution in [0.2, 0.25) is 0 Å². The molecule has 0 fully saturated rings. The molecular weight excluding hydrogens is 362 g/mol. The summed E-state index contributed by atoms with van der Waals surface area (Å²) in [7, 11) is 0. The second-order valence-electron chi connectivity index (χ2n) is 5.03. The molecule has 0 aliphatic rings. The van der Waals surface area contributed by atoms with Crippen molar-refractivity contribution in [2.24, 2.45) is 0 Å². The molecule has 0 saturated heterocycles. The molecule has 174 valence electrons. The molecular formula is C21H49NO6. The molecule has 0 aromatic carbocycles. The maximum Gasteiger partial charge on any atom is 0.0701 e. The fraction of sp³-hybridized carbons (Fsp3) is 1.00. The molecule has 0 aliphatic heterocycles. The predicted molar refractivity (Wildman–Crippen MR) is 116 cm³/mol. The Hall–Kier alpha value is -0.280. The van der Waals surface area contributed by atoms with Gasteiger partial charge in [-0.1, -0.05) is 41.5 Å². The van der Waals surface area contributed by atoms with Crippen LogP contribution in [0.15, 0.2) is 0 Å². The van der Waals surface area contributed by atoms with E-state index in [4.69, 9.17) is 28.4 Å². The van der Waals surface area contributed by atoms with Gasteiger partial charge in [-0.05, 0) is 13.0 Å². The minimum atomic E-state index is 0.572. The lowest BCUT2D eigenvalue weighted by molar-refractivity contribution is -0.0165. The van der Waals surface area contributed by atoms with Crippen LogP contribution in [-0.4, -0.2) is 92.4 Å². The molecule has 28 heavy (non-hydrogen) atoms. The Labute approximate surface area is 174 Å². The fourth-order valence-electron chi connectivity index (χ4n) is 1.67. The van der Waals surface area contributed by atoms with Gasteiger partial charge in [-0.2, -0.15) is 0 Å². The Morgan fingerprint density at radius 2 is 0.714 bits per heavy atom. The van der Waals surface area contributed by atoms with E-state index in [-0.39, 0.29) is 0 Å². The van der Waals surface area contributed by atoms with Gasteiger partial charge >= 0.3 is 0 Å². The Morgan fingerprint density at radius 1 is 0.429 bits per heavy atom.